The van der Waals surface area contributed by atoms with Gasteiger partial charge in [0, 0.05) is 0 Å². The second kappa shape index (κ2) is 4.27. The van der Waals surface area contributed by atoms with E-state index in [9.17, 15) is 4.79 Å². The summed E-state index contributed by atoms with van der Waals surface area (Å²) >= 11 is 0. The number of aliphatic carboxylic acids is 1. The number of hydrogen-bond donors (Lipinski definition) is 3. The molecule has 1 rings (SSSR count). The molecule has 74 valence electrons. The molecule has 0 heterocycles. The fourth-order valence-electron chi connectivity index (χ4n) is 1.01. The number of carboxylic acids is 1. The Bertz CT molecular complexity index is 353. The minimum Gasteiger partial charge on any atom is -0.481 e. The summed E-state index contributed by atoms with van der Waals surface area (Å²) < 4.78 is 0. The van der Waals surface area contributed by atoms with Crippen LogP contribution in [-0.2, 0) is 11.2 Å². The molecule has 1 aromatic carbocycles. The number of guanidine groups is 1. The number of aliphatic imine (C=N–C) groups is 1. The van der Waals surface area contributed by atoms with Crippen molar-refractivity contribution in [3.05, 3.63) is 29.8 Å². The molecular weight excluding hydrogens is 182 g/mol. The van der Waals surface area contributed by atoms with E-state index in [1.807, 2.05) is 0 Å². The molecule has 0 saturated carbocycles. The first-order valence-corrected chi connectivity index (χ1v) is 3.98. The average molecular weight is 193 g/mol. The van der Waals surface area contributed by atoms with Crippen LogP contribution in [0, 0.1) is 0 Å². The van der Waals surface area contributed by atoms with Gasteiger partial charge < -0.3 is 16.6 Å². The number of benzene rings is 1. The quantitative estimate of drug-likeness (QED) is 0.472. The van der Waals surface area contributed by atoms with E-state index in [0.29, 0.717) is 11.3 Å². The van der Waals surface area contributed by atoms with Gasteiger partial charge in [0.05, 0.1) is 12.1 Å². The van der Waals surface area contributed by atoms with Crippen LogP contribution in [0.5, 0.6) is 0 Å². The van der Waals surface area contributed by atoms with Crippen molar-refractivity contribution in [3.8, 4) is 0 Å². The SMILES string of the molecule is NC(N)=Nc1ccc(CC(=O)O)cc1. The predicted octanol–water partition coefficient (Wildman–Crippen LogP) is 0.219. The zero-order chi connectivity index (χ0) is 10.6. The molecule has 0 aromatic heterocycles. The molecule has 0 amide bonds. The molecule has 0 saturated heterocycles. The van der Waals surface area contributed by atoms with Crippen molar-refractivity contribution >= 4 is 17.6 Å². The Balaban J connectivity index is 2.78. The monoisotopic (exact) mass is 193 g/mol. The Morgan fingerprint density at radius 1 is 1.29 bits per heavy atom. The van der Waals surface area contributed by atoms with Crippen LogP contribution in [0.15, 0.2) is 29.3 Å². The van der Waals surface area contributed by atoms with Gasteiger partial charge in [-0.2, -0.15) is 0 Å². The summed E-state index contributed by atoms with van der Waals surface area (Å²) in [5.41, 5.74) is 11.7. The number of carbonyl (C=O) groups is 1. The molecule has 0 fully saturated rings. The molecule has 5 N–H and O–H groups in total. The molecule has 1 aromatic rings. The van der Waals surface area contributed by atoms with Crippen molar-refractivity contribution in [2.24, 2.45) is 16.5 Å². The summed E-state index contributed by atoms with van der Waals surface area (Å²) in [6.45, 7) is 0. The van der Waals surface area contributed by atoms with Crippen molar-refractivity contribution < 1.29 is 9.90 Å². The van der Waals surface area contributed by atoms with Gasteiger partial charge in [-0.25, -0.2) is 4.99 Å². The molecule has 0 bridgehead atoms. The standard InChI is InChI=1S/C9H11N3O2/c10-9(11)12-7-3-1-6(2-4-7)5-8(13)14/h1-4H,5H2,(H,13,14)(H4,10,11,12). The van der Waals surface area contributed by atoms with Crippen molar-refractivity contribution in [2.75, 3.05) is 0 Å². The molecule has 0 aliphatic rings. The van der Waals surface area contributed by atoms with E-state index in [1.54, 1.807) is 24.3 Å². The van der Waals surface area contributed by atoms with Crippen molar-refractivity contribution in [3.63, 3.8) is 0 Å². The Morgan fingerprint density at radius 3 is 2.29 bits per heavy atom. The maximum absolute atomic E-state index is 10.4. The molecule has 14 heavy (non-hydrogen) atoms. The number of hydrogen-bond acceptors (Lipinski definition) is 2. The number of carboxylic acid groups (broad SMARTS) is 1. The topological polar surface area (TPSA) is 102 Å². The molecule has 5 nitrogen and oxygen atoms in total. The predicted molar refractivity (Wildman–Crippen MR) is 53.3 cm³/mol. The van der Waals surface area contributed by atoms with E-state index in [4.69, 9.17) is 16.6 Å². The van der Waals surface area contributed by atoms with E-state index < -0.39 is 5.97 Å². The number of nitrogens with two attached hydrogens (primary N) is 2. The van der Waals surface area contributed by atoms with Gasteiger partial charge in [0.25, 0.3) is 0 Å². The second-order valence-corrected chi connectivity index (χ2v) is 2.77. The van der Waals surface area contributed by atoms with Crippen molar-refractivity contribution in [1.29, 1.82) is 0 Å². The Morgan fingerprint density at radius 2 is 1.86 bits per heavy atom. The average Bonchev–Trinajstić information content (AvgIpc) is 2.06. The highest BCUT2D eigenvalue weighted by Crippen LogP contribution is 2.12. The zero-order valence-corrected chi connectivity index (χ0v) is 7.47. The third-order valence-corrected chi connectivity index (χ3v) is 1.55. The lowest BCUT2D eigenvalue weighted by Gasteiger charge is -1.98. The van der Waals surface area contributed by atoms with Gasteiger partial charge in [-0.15, -0.1) is 0 Å². The van der Waals surface area contributed by atoms with Crippen LogP contribution in [-0.4, -0.2) is 17.0 Å². The number of rotatable bonds is 3. The molecule has 0 aliphatic heterocycles. The summed E-state index contributed by atoms with van der Waals surface area (Å²) in [4.78, 5) is 14.2. The highest BCUT2D eigenvalue weighted by Gasteiger charge is 1.99. The van der Waals surface area contributed by atoms with Gasteiger partial charge in [-0.05, 0) is 17.7 Å². The summed E-state index contributed by atoms with van der Waals surface area (Å²) in [5, 5.41) is 8.51. The van der Waals surface area contributed by atoms with E-state index in [0.717, 1.165) is 0 Å². The second-order valence-electron chi connectivity index (χ2n) is 2.77. The van der Waals surface area contributed by atoms with E-state index >= 15 is 0 Å². The van der Waals surface area contributed by atoms with Gasteiger partial charge in [0.15, 0.2) is 5.96 Å². The lowest BCUT2D eigenvalue weighted by atomic mass is 10.1. The van der Waals surface area contributed by atoms with Crippen LogP contribution in [0.1, 0.15) is 5.56 Å². The summed E-state index contributed by atoms with van der Waals surface area (Å²) in [6, 6.07) is 6.68. The third kappa shape index (κ3) is 3.14. The van der Waals surface area contributed by atoms with Gasteiger partial charge in [-0.1, -0.05) is 12.1 Å². The van der Waals surface area contributed by atoms with Crippen LogP contribution in [0.25, 0.3) is 0 Å². The minimum absolute atomic E-state index is 0.00208. The van der Waals surface area contributed by atoms with Crippen LogP contribution in [0.2, 0.25) is 0 Å². The molecule has 0 aliphatic carbocycles. The first kappa shape index (κ1) is 10.0. The largest absolute Gasteiger partial charge is 0.481 e. The first-order chi connectivity index (χ1) is 6.58. The summed E-state index contributed by atoms with van der Waals surface area (Å²) in [6.07, 6.45) is 0.00208. The van der Waals surface area contributed by atoms with Crippen LogP contribution in [0.3, 0.4) is 0 Å². The van der Waals surface area contributed by atoms with E-state index in [-0.39, 0.29) is 12.4 Å². The lowest BCUT2D eigenvalue weighted by Crippen LogP contribution is -2.21. The highest BCUT2D eigenvalue weighted by atomic mass is 16.4. The fraction of sp³-hybridized carbons (Fsp3) is 0.111. The van der Waals surface area contributed by atoms with Crippen LogP contribution < -0.4 is 11.5 Å². The normalized spacial score (nSPS) is 9.43. The Labute approximate surface area is 81.1 Å². The van der Waals surface area contributed by atoms with Gasteiger partial charge in [0.1, 0.15) is 0 Å². The smallest absolute Gasteiger partial charge is 0.307 e. The molecule has 0 atom stereocenters. The summed E-state index contributed by atoms with van der Waals surface area (Å²) in [5.74, 6) is -0.879. The summed E-state index contributed by atoms with van der Waals surface area (Å²) in [7, 11) is 0. The van der Waals surface area contributed by atoms with Gasteiger partial charge in [0.2, 0.25) is 0 Å². The molecule has 0 unspecified atom stereocenters. The highest BCUT2D eigenvalue weighted by molar-refractivity contribution is 5.79. The van der Waals surface area contributed by atoms with Crippen molar-refractivity contribution in [2.45, 2.75) is 6.42 Å². The van der Waals surface area contributed by atoms with Crippen LogP contribution >= 0.6 is 0 Å². The maximum atomic E-state index is 10.4. The van der Waals surface area contributed by atoms with Gasteiger partial charge in [-0.3, -0.25) is 4.79 Å². The fourth-order valence-corrected chi connectivity index (χ4v) is 1.01. The van der Waals surface area contributed by atoms with E-state index in [2.05, 4.69) is 4.99 Å². The molecule has 0 radical (unpaired) electrons. The molecular formula is C9H11N3O2. The zero-order valence-electron chi connectivity index (χ0n) is 7.47. The van der Waals surface area contributed by atoms with E-state index in [1.165, 1.54) is 0 Å². The van der Waals surface area contributed by atoms with Gasteiger partial charge >= 0.3 is 5.97 Å². The minimum atomic E-state index is -0.861. The first-order valence-electron chi connectivity index (χ1n) is 3.98. The Hall–Kier alpha value is -2.04. The van der Waals surface area contributed by atoms with Crippen LogP contribution in [0.4, 0.5) is 5.69 Å². The maximum Gasteiger partial charge on any atom is 0.307 e. The third-order valence-electron chi connectivity index (χ3n) is 1.55. The van der Waals surface area contributed by atoms with Crippen molar-refractivity contribution in [1.82, 2.24) is 0 Å². The molecule has 5 heteroatoms. The Kier molecular flexibility index (Phi) is 3.06. The lowest BCUT2D eigenvalue weighted by molar-refractivity contribution is -0.136. The molecule has 0 spiro atoms. The number of nitrogens with zero attached hydrogens (tertiary/aromatic N) is 1.